The first kappa shape index (κ1) is 14.0. The minimum absolute atomic E-state index is 0.0951. The summed E-state index contributed by atoms with van der Waals surface area (Å²) in [5, 5.41) is 0. The van der Waals surface area contributed by atoms with Crippen LogP contribution in [0.5, 0.6) is 0 Å². The average Bonchev–Trinajstić information content (AvgIpc) is 2.46. The highest BCUT2D eigenvalue weighted by atomic mass is 16.5. The lowest BCUT2D eigenvalue weighted by Crippen LogP contribution is -2.43. The van der Waals surface area contributed by atoms with Gasteiger partial charge in [0.15, 0.2) is 5.78 Å². The molecular formula is C15H22N2O2. The van der Waals surface area contributed by atoms with Gasteiger partial charge >= 0.3 is 0 Å². The van der Waals surface area contributed by atoms with Crippen LogP contribution in [0, 0.1) is 0 Å². The second-order valence-electron chi connectivity index (χ2n) is 5.10. The highest BCUT2D eigenvalue weighted by Crippen LogP contribution is 2.25. The first-order chi connectivity index (χ1) is 9.15. The van der Waals surface area contributed by atoms with Crippen molar-refractivity contribution in [2.24, 2.45) is 0 Å². The summed E-state index contributed by atoms with van der Waals surface area (Å²) in [6.45, 7) is 5.04. The van der Waals surface area contributed by atoms with Gasteiger partial charge in [0.05, 0.1) is 18.0 Å². The third kappa shape index (κ3) is 3.13. The van der Waals surface area contributed by atoms with Gasteiger partial charge in [-0.1, -0.05) is 6.92 Å². The largest absolute Gasteiger partial charge is 0.381 e. The molecule has 0 radical (unpaired) electrons. The van der Waals surface area contributed by atoms with Crippen LogP contribution < -0.4 is 4.90 Å². The van der Waals surface area contributed by atoms with E-state index in [1.165, 1.54) is 0 Å². The summed E-state index contributed by atoms with van der Waals surface area (Å²) in [7, 11) is 1.78. The Hall–Kier alpha value is -1.42. The van der Waals surface area contributed by atoms with Gasteiger partial charge in [0, 0.05) is 26.1 Å². The van der Waals surface area contributed by atoms with Crippen molar-refractivity contribution in [1.82, 2.24) is 4.98 Å². The number of ether oxygens (including phenoxy) is 1. The standard InChI is InChI=1S/C15H22N2O2/c1-4-15(18)14-6-5-12(10-16-14)17-8-7-13(19-3)9-11(17)2/h5-6,10-11,13H,4,7-9H2,1-3H3. The molecule has 19 heavy (non-hydrogen) atoms. The molecule has 4 heteroatoms. The SMILES string of the molecule is CCC(=O)c1ccc(N2CCC(OC)CC2C)cn1. The maximum atomic E-state index is 11.6. The number of piperidine rings is 1. The van der Waals surface area contributed by atoms with Crippen molar-refractivity contribution < 1.29 is 9.53 Å². The molecule has 2 heterocycles. The van der Waals surface area contributed by atoms with Crippen molar-refractivity contribution in [3.63, 3.8) is 0 Å². The molecule has 1 fully saturated rings. The molecule has 1 aromatic heterocycles. The van der Waals surface area contributed by atoms with Gasteiger partial charge in [-0.2, -0.15) is 0 Å². The zero-order chi connectivity index (χ0) is 13.8. The maximum absolute atomic E-state index is 11.6. The van der Waals surface area contributed by atoms with Crippen LogP contribution in [-0.4, -0.2) is 36.6 Å². The summed E-state index contributed by atoms with van der Waals surface area (Å²) in [5.74, 6) is 0.0951. The van der Waals surface area contributed by atoms with Crippen LogP contribution in [0.25, 0.3) is 0 Å². The lowest BCUT2D eigenvalue weighted by Gasteiger charge is -2.38. The molecule has 0 bridgehead atoms. The Balaban J connectivity index is 2.08. The number of nitrogens with zero attached hydrogens (tertiary/aromatic N) is 2. The van der Waals surface area contributed by atoms with E-state index in [-0.39, 0.29) is 5.78 Å². The van der Waals surface area contributed by atoms with E-state index < -0.39 is 0 Å². The summed E-state index contributed by atoms with van der Waals surface area (Å²) in [6.07, 6.45) is 4.75. The molecule has 0 N–H and O–H groups in total. The van der Waals surface area contributed by atoms with Crippen LogP contribution >= 0.6 is 0 Å². The number of aromatic nitrogens is 1. The van der Waals surface area contributed by atoms with Gasteiger partial charge < -0.3 is 9.64 Å². The molecule has 104 valence electrons. The average molecular weight is 262 g/mol. The number of hydrogen-bond donors (Lipinski definition) is 0. The molecule has 0 amide bonds. The van der Waals surface area contributed by atoms with Crippen molar-refractivity contribution >= 4 is 11.5 Å². The van der Waals surface area contributed by atoms with Crippen LogP contribution in [0.3, 0.4) is 0 Å². The van der Waals surface area contributed by atoms with Gasteiger partial charge in [-0.3, -0.25) is 9.78 Å². The monoisotopic (exact) mass is 262 g/mol. The fraction of sp³-hybridized carbons (Fsp3) is 0.600. The van der Waals surface area contributed by atoms with E-state index >= 15 is 0 Å². The quantitative estimate of drug-likeness (QED) is 0.782. The maximum Gasteiger partial charge on any atom is 0.180 e. The number of carbonyl (C=O) groups excluding carboxylic acids is 1. The second kappa shape index (κ2) is 6.15. The number of hydrogen-bond acceptors (Lipinski definition) is 4. The smallest absolute Gasteiger partial charge is 0.180 e. The van der Waals surface area contributed by atoms with E-state index in [1.807, 2.05) is 25.3 Å². The third-order valence-corrected chi connectivity index (χ3v) is 3.85. The first-order valence-electron chi connectivity index (χ1n) is 6.94. The lowest BCUT2D eigenvalue weighted by molar-refractivity contribution is 0.0721. The molecule has 0 aliphatic carbocycles. The zero-order valence-electron chi connectivity index (χ0n) is 11.9. The zero-order valence-corrected chi connectivity index (χ0v) is 11.9. The molecule has 0 aromatic carbocycles. The normalized spacial score (nSPS) is 23.4. The molecule has 1 aliphatic rings. The highest BCUT2D eigenvalue weighted by Gasteiger charge is 2.25. The highest BCUT2D eigenvalue weighted by molar-refractivity contribution is 5.94. The van der Waals surface area contributed by atoms with Gasteiger partial charge in [-0.15, -0.1) is 0 Å². The van der Waals surface area contributed by atoms with Crippen LogP contribution in [0.15, 0.2) is 18.3 Å². The topological polar surface area (TPSA) is 42.4 Å². The summed E-state index contributed by atoms with van der Waals surface area (Å²) < 4.78 is 5.42. The van der Waals surface area contributed by atoms with Gasteiger partial charge in [0.25, 0.3) is 0 Å². The molecule has 0 saturated carbocycles. The van der Waals surface area contributed by atoms with Gasteiger partial charge in [-0.25, -0.2) is 0 Å². The van der Waals surface area contributed by atoms with Gasteiger partial charge in [-0.05, 0) is 31.9 Å². The van der Waals surface area contributed by atoms with Crippen molar-refractivity contribution in [3.8, 4) is 0 Å². The Morgan fingerprint density at radius 1 is 1.53 bits per heavy atom. The molecule has 0 spiro atoms. The summed E-state index contributed by atoms with van der Waals surface area (Å²) in [5.41, 5.74) is 1.65. The van der Waals surface area contributed by atoms with Crippen LogP contribution in [0.2, 0.25) is 0 Å². The van der Waals surface area contributed by atoms with Crippen molar-refractivity contribution in [1.29, 1.82) is 0 Å². The number of pyridine rings is 1. The predicted molar refractivity (Wildman–Crippen MR) is 75.7 cm³/mol. The second-order valence-corrected chi connectivity index (χ2v) is 5.10. The molecule has 2 rings (SSSR count). The fourth-order valence-corrected chi connectivity index (χ4v) is 2.63. The van der Waals surface area contributed by atoms with Gasteiger partial charge in [0.2, 0.25) is 0 Å². The van der Waals surface area contributed by atoms with Crippen molar-refractivity contribution in [3.05, 3.63) is 24.0 Å². The van der Waals surface area contributed by atoms with E-state index in [9.17, 15) is 4.79 Å². The van der Waals surface area contributed by atoms with E-state index in [0.29, 0.717) is 24.3 Å². The Morgan fingerprint density at radius 2 is 2.32 bits per heavy atom. The van der Waals surface area contributed by atoms with Crippen LogP contribution in [0.1, 0.15) is 43.6 Å². The van der Waals surface area contributed by atoms with Crippen molar-refractivity contribution in [2.45, 2.75) is 45.3 Å². The first-order valence-corrected chi connectivity index (χ1v) is 6.94. The Morgan fingerprint density at radius 3 is 2.84 bits per heavy atom. The Labute approximate surface area is 114 Å². The fourth-order valence-electron chi connectivity index (χ4n) is 2.63. The number of ketones is 1. The Kier molecular flexibility index (Phi) is 4.53. The van der Waals surface area contributed by atoms with E-state index in [0.717, 1.165) is 25.1 Å². The lowest BCUT2D eigenvalue weighted by atomic mass is 10.00. The van der Waals surface area contributed by atoms with E-state index in [2.05, 4.69) is 16.8 Å². The number of rotatable bonds is 4. The molecular weight excluding hydrogens is 240 g/mol. The summed E-state index contributed by atoms with van der Waals surface area (Å²) in [4.78, 5) is 18.2. The summed E-state index contributed by atoms with van der Waals surface area (Å²) >= 11 is 0. The molecule has 4 nitrogen and oxygen atoms in total. The van der Waals surface area contributed by atoms with Gasteiger partial charge in [0.1, 0.15) is 5.69 Å². The molecule has 2 unspecified atom stereocenters. The number of methoxy groups -OCH3 is 1. The number of Topliss-reactive ketones (excluding diaryl/α,β-unsaturated/α-hetero) is 1. The molecule has 1 aliphatic heterocycles. The Bertz CT molecular complexity index is 430. The molecule has 1 aromatic rings. The predicted octanol–water partition coefficient (Wildman–Crippen LogP) is 2.68. The number of anilines is 1. The van der Waals surface area contributed by atoms with Crippen molar-refractivity contribution in [2.75, 3.05) is 18.6 Å². The number of carbonyl (C=O) groups is 1. The van der Waals surface area contributed by atoms with E-state index in [4.69, 9.17) is 4.74 Å². The minimum atomic E-state index is 0.0951. The van der Waals surface area contributed by atoms with Crippen LogP contribution in [0.4, 0.5) is 5.69 Å². The third-order valence-electron chi connectivity index (χ3n) is 3.85. The van der Waals surface area contributed by atoms with E-state index in [1.54, 1.807) is 7.11 Å². The minimum Gasteiger partial charge on any atom is -0.381 e. The molecule has 1 saturated heterocycles. The summed E-state index contributed by atoms with van der Waals surface area (Å²) in [6, 6.07) is 4.27. The molecule has 2 atom stereocenters. The van der Waals surface area contributed by atoms with Crippen LogP contribution in [-0.2, 0) is 4.74 Å².